The average molecular weight is 319 g/mol. The topological polar surface area (TPSA) is 83.1 Å². The van der Waals surface area contributed by atoms with Gasteiger partial charge in [0.2, 0.25) is 0 Å². The van der Waals surface area contributed by atoms with Crippen molar-refractivity contribution >= 4 is 5.82 Å². The molecule has 126 valence electrons. The van der Waals surface area contributed by atoms with E-state index in [0.29, 0.717) is 11.7 Å². The molecule has 0 amide bonds. The van der Waals surface area contributed by atoms with Crippen LogP contribution in [-0.2, 0) is 14.1 Å². The highest BCUT2D eigenvalue weighted by Crippen LogP contribution is 2.17. The first-order valence-corrected chi connectivity index (χ1v) is 8.04. The number of hydrogen-bond donors (Lipinski definition) is 1. The largest absolute Gasteiger partial charge is 0.367 e. The molecule has 0 unspecified atom stereocenters. The Kier molecular flexibility index (Phi) is 5.26. The zero-order chi connectivity index (χ0) is 17.1. The number of likely N-dealkylation sites (tertiary alicyclic amines) is 1. The predicted molar refractivity (Wildman–Crippen MR) is 89.6 cm³/mol. The van der Waals surface area contributed by atoms with Gasteiger partial charge in [0.05, 0.1) is 0 Å². The molecule has 1 aliphatic heterocycles. The number of nitriles is 1. The molecule has 1 N–H and O–H groups in total. The Labute approximate surface area is 136 Å². The quantitative estimate of drug-likeness (QED) is 0.873. The Morgan fingerprint density at radius 2 is 1.83 bits per heavy atom. The third-order valence-electron chi connectivity index (χ3n) is 4.33. The molecule has 7 nitrogen and oxygen atoms in total. The summed E-state index contributed by atoms with van der Waals surface area (Å²) in [6.45, 7) is 7.46. The number of nitrogens with zero attached hydrogens (tertiary/aromatic N) is 4. The molecule has 0 bridgehead atoms. The number of hydrogen-bond acceptors (Lipinski definition) is 5. The number of piperidine rings is 1. The second-order valence-corrected chi connectivity index (χ2v) is 6.65. The van der Waals surface area contributed by atoms with Gasteiger partial charge in [-0.15, -0.1) is 0 Å². The van der Waals surface area contributed by atoms with Gasteiger partial charge >= 0.3 is 5.69 Å². The maximum atomic E-state index is 12.1. The van der Waals surface area contributed by atoms with Crippen LogP contribution in [0.2, 0.25) is 0 Å². The minimum absolute atomic E-state index is 0.000731. The molecule has 1 fully saturated rings. The molecule has 7 heteroatoms. The summed E-state index contributed by atoms with van der Waals surface area (Å²) in [5.41, 5.74) is -0.969. The van der Waals surface area contributed by atoms with E-state index in [4.69, 9.17) is 0 Å². The molecule has 1 aromatic heterocycles. The molecule has 0 aromatic carbocycles. The first kappa shape index (κ1) is 17.3. The molecule has 0 atom stereocenters. The summed E-state index contributed by atoms with van der Waals surface area (Å²) in [5.74, 6) is 0.977. The van der Waals surface area contributed by atoms with E-state index in [1.165, 1.54) is 11.6 Å². The molecule has 0 aliphatic carbocycles. The Morgan fingerprint density at radius 1 is 1.22 bits per heavy atom. The fourth-order valence-electron chi connectivity index (χ4n) is 3.08. The molecule has 0 spiro atoms. The van der Waals surface area contributed by atoms with Crippen LogP contribution in [0.25, 0.3) is 0 Å². The number of aromatic nitrogens is 2. The van der Waals surface area contributed by atoms with Crippen molar-refractivity contribution in [1.29, 1.82) is 5.26 Å². The van der Waals surface area contributed by atoms with E-state index in [9.17, 15) is 14.9 Å². The Balaban J connectivity index is 2.18. The molecule has 0 radical (unpaired) electrons. The summed E-state index contributed by atoms with van der Waals surface area (Å²) in [7, 11) is 2.97. The van der Waals surface area contributed by atoms with Crippen molar-refractivity contribution in [3.63, 3.8) is 0 Å². The van der Waals surface area contributed by atoms with Crippen LogP contribution in [0.4, 0.5) is 5.82 Å². The van der Waals surface area contributed by atoms with Crippen LogP contribution in [0.5, 0.6) is 0 Å². The average Bonchev–Trinajstić information content (AvgIpc) is 2.52. The first-order valence-electron chi connectivity index (χ1n) is 8.04. The third kappa shape index (κ3) is 3.64. The predicted octanol–water partition coefficient (Wildman–Crippen LogP) is 0.488. The SMILES string of the molecule is CC(C)CN1CCC(Nc2c(C#N)c(=O)n(C)c(=O)n2C)CC1. The summed E-state index contributed by atoms with van der Waals surface area (Å²) in [6.07, 6.45) is 1.86. The minimum atomic E-state index is -0.546. The van der Waals surface area contributed by atoms with E-state index in [2.05, 4.69) is 24.1 Å². The lowest BCUT2D eigenvalue weighted by atomic mass is 10.0. The second-order valence-electron chi connectivity index (χ2n) is 6.65. The van der Waals surface area contributed by atoms with Gasteiger partial charge in [-0.05, 0) is 18.8 Å². The van der Waals surface area contributed by atoms with Crippen LogP contribution in [0.15, 0.2) is 9.59 Å². The lowest BCUT2D eigenvalue weighted by Crippen LogP contribution is -2.44. The zero-order valence-corrected chi connectivity index (χ0v) is 14.3. The van der Waals surface area contributed by atoms with Gasteiger partial charge in [0.25, 0.3) is 5.56 Å². The summed E-state index contributed by atoms with van der Waals surface area (Å²) in [5, 5.41) is 12.5. The number of anilines is 1. The zero-order valence-electron chi connectivity index (χ0n) is 14.3. The summed E-state index contributed by atoms with van der Waals surface area (Å²) < 4.78 is 2.31. The molecule has 2 rings (SSSR count). The van der Waals surface area contributed by atoms with Crippen molar-refractivity contribution in [3.8, 4) is 6.07 Å². The highest BCUT2D eigenvalue weighted by molar-refractivity contribution is 5.51. The van der Waals surface area contributed by atoms with Gasteiger partial charge in [0.15, 0.2) is 5.56 Å². The molecule has 23 heavy (non-hydrogen) atoms. The fourth-order valence-corrected chi connectivity index (χ4v) is 3.08. The van der Waals surface area contributed by atoms with Crippen LogP contribution in [0.3, 0.4) is 0 Å². The minimum Gasteiger partial charge on any atom is -0.367 e. The van der Waals surface area contributed by atoms with Gasteiger partial charge in [-0.2, -0.15) is 5.26 Å². The Hall–Kier alpha value is -2.07. The second kappa shape index (κ2) is 7.01. The molecule has 0 saturated carbocycles. The van der Waals surface area contributed by atoms with Gasteiger partial charge in [-0.1, -0.05) is 13.8 Å². The lowest BCUT2D eigenvalue weighted by molar-refractivity contribution is 0.197. The molecular weight excluding hydrogens is 294 g/mol. The van der Waals surface area contributed by atoms with Crippen molar-refractivity contribution < 1.29 is 0 Å². The molecule has 1 saturated heterocycles. The Morgan fingerprint density at radius 3 is 2.35 bits per heavy atom. The monoisotopic (exact) mass is 319 g/mol. The number of rotatable bonds is 4. The number of nitrogens with one attached hydrogen (secondary N) is 1. The highest BCUT2D eigenvalue weighted by Gasteiger charge is 2.23. The van der Waals surface area contributed by atoms with Gasteiger partial charge < -0.3 is 10.2 Å². The van der Waals surface area contributed by atoms with Crippen LogP contribution >= 0.6 is 0 Å². The maximum absolute atomic E-state index is 12.1. The van der Waals surface area contributed by atoms with Crippen molar-refractivity contribution in [2.24, 2.45) is 20.0 Å². The highest BCUT2D eigenvalue weighted by atomic mass is 16.2. The van der Waals surface area contributed by atoms with Crippen molar-refractivity contribution in [1.82, 2.24) is 14.0 Å². The standard InChI is InChI=1S/C16H25N5O2/c1-11(2)10-21-7-5-12(6-8-21)18-14-13(9-17)15(22)20(4)16(23)19(14)3/h11-12,18H,5-8,10H2,1-4H3. The van der Waals surface area contributed by atoms with Crippen LogP contribution in [0.1, 0.15) is 32.3 Å². The molecule has 1 aromatic rings. The van der Waals surface area contributed by atoms with Crippen molar-refractivity contribution in [3.05, 3.63) is 26.4 Å². The van der Waals surface area contributed by atoms with Crippen LogP contribution < -0.4 is 16.6 Å². The molecule has 1 aliphatic rings. The maximum Gasteiger partial charge on any atom is 0.332 e. The van der Waals surface area contributed by atoms with Crippen molar-refractivity contribution in [2.75, 3.05) is 25.0 Å². The van der Waals surface area contributed by atoms with Crippen LogP contribution in [-0.4, -0.2) is 39.7 Å². The van der Waals surface area contributed by atoms with E-state index in [1.54, 1.807) is 7.05 Å². The Bertz CT molecular complexity index is 718. The van der Waals surface area contributed by atoms with E-state index in [0.717, 1.165) is 37.0 Å². The van der Waals surface area contributed by atoms with E-state index in [-0.39, 0.29) is 11.6 Å². The summed E-state index contributed by atoms with van der Waals surface area (Å²) in [4.78, 5) is 26.6. The van der Waals surface area contributed by atoms with Gasteiger partial charge in [0, 0.05) is 39.8 Å². The molecular formula is C16H25N5O2. The third-order valence-corrected chi connectivity index (χ3v) is 4.33. The van der Waals surface area contributed by atoms with Gasteiger partial charge in [-0.25, -0.2) is 4.79 Å². The summed E-state index contributed by atoms with van der Waals surface area (Å²) >= 11 is 0. The summed E-state index contributed by atoms with van der Waals surface area (Å²) in [6, 6.07) is 2.10. The van der Waals surface area contributed by atoms with Gasteiger partial charge in [-0.3, -0.25) is 13.9 Å². The fraction of sp³-hybridized carbons (Fsp3) is 0.688. The van der Waals surface area contributed by atoms with E-state index in [1.807, 2.05) is 6.07 Å². The van der Waals surface area contributed by atoms with E-state index >= 15 is 0 Å². The van der Waals surface area contributed by atoms with Crippen LogP contribution in [0, 0.1) is 17.2 Å². The first-order chi connectivity index (χ1) is 10.8. The molecule has 2 heterocycles. The smallest absolute Gasteiger partial charge is 0.332 e. The van der Waals surface area contributed by atoms with Crippen molar-refractivity contribution in [2.45, 2.75) is 32.7 Å². The normalized spacial score (nSPS) is 16.5. The van der Waals surface area contributed by atoms with E-state index < -0.39 is 11.2 Å². The lowest BCUT2D eigenvalue weighted by Gasteiger charge is -2.34. The van der Waals surface area contributed by atoms with Gasteiger partial charge in [0.1, 0.15) is 11.9 Å².